The minimum atomic E-state index is -5.39. The molecule has 0 saturated heterocycles. The normalized spacial score (nSPS) is 11.7. The fourth-order valence-electron chi connectivity index (χ4n) is 11.9. The highest BCUT2D eigenvalue weighted by Crippen LogP contribution is 2.53. The topological polar surface area (TPSA) is 435 Å². The molecule has 0 atom stereocenters. The number of nitrogens with one attached hydrogen (secondary N) is 4. The standard InChI is InChI=1S/C19H12BrClF3N3O4.C19H9ClF7N3O5.C18H8BrF6N3O5.C18H9F3N4O4/c1-2-9-3-4-12-10(5-9)6-11(20)7-14(12)25-17-13(19(22,23)24)8-15(26(28)29)16(21)18(17)27(30)31;20-9-2-3-11-8(5-9)1-4-13(16(11)35-19(26,27)17(21)22)28-15-12(18(23,24)25)6-10(29(31)32)7-14(15)30(33)34;19-8-1-2-10-11(5-8)13(3-4-15(10)33-18(23,24)25)26-16-12(17(20,21)22)6-9(27(29)30)7-14(16)28(31)32;19-18(20,21)15-7-13(24(26)27)8-16(25(28)29)17(15)23-12-5-10-3-1-2-4-14(10)11(6-12)9-22/h3-8,25H,2H2,1H3;1-7,17,28H;1-7,26H;1-8,23H. The molecule has 0 spiro atoms. The summed E-state index contributed by atoms with van der Waals surface area (Å²) in [5.74, 6) is -1.74. The molecule has 0 saturated carbocycles. The summed E-state index contributed by atoms with van der Waals surface area (Å²) < 4.78 is 264. The van der Waals surface area contributed by atoms with Crippen LogP contribution >= 0.6 is 55.1 Å². The Balaban J connectivity index is 0.000000193. The number of nitriles is 1. The van der Waals surface area contributed by atoms with E-state index in [4.69, 9.17) is 23.2 Å². The van der Waals surface area contributed by atoms with Crippen molar-refractivity contribution in [2.75, 3.05) is 21.3 Å². The number of hydrogen-bond donors (Lipinski definition) is 4. The minimum absolute atomic E-state index is 0.00948. The van der Waals surface area contributed by atoms with Gasteiger partial charge in [-0.1, -0.05) is 111 Å². The van der Waals surface area contributed by atoms with Crippen LogP contribution in [0.1, 0.15) is 40.3 Å². The van der Waals surface area contributed by atoms with E-state index in [2.05, 4.69) is 57.3 Å². The zero-order chi connectivity index (χ0) is 95.4. The Labute approximate surface area is 722 Å². The largest absolute Gasteiger partial charge is 0.573 e. The Morgan fingerprint density at radius 2 is 0.867 bits per heavy atom. The third-order valence-corrected chi connectivity index (χ3v) is 18.9. The molecule has 0 aliphatic carbocycles. The van der Waals surface area contributed by atoms with Gasteiger partial charge in [-0.3, -0.25) is 80.9 Å². The molecule has 54 heteroatoms. The molecule has 0 bridgehead atoms. The van der Waals surface area contributed by atoms with Crippen molar-refractivity contribution < 1.29 is 132 Å². The van der Waals surface area contributed by atoms with Gasteiger partial charge in [-0.2, -0.15) is 75.5 Å². The van der Waals surface area contributed by atoms with E-state index in [-0.39, 0.29) is 79.5 Å². The van der Waals surface area contributed by atoms with E-state index in [0.29, 0.717) is 42.6 Å². The van der Waals surface area contributed by atoms with Crippen molar-refractivity contribution >= 4 is 189 Å². The quantitative estimate of drug-likeness (QED) is 0.0295. The molecule has 0 aliphatic heterocycles. The van der Waals surface area contributed by atoms with Crippen LogP contribution in [0.3, 0.4) is 0 Å². The smallest absolute Gasteiger partial charge is 0.425 e. The summed E-state index contributed by atoms with van der Waals surface area (Å²) in [4.78, 5) is 79.9. The number of non-ortho nitro benzene ring substituents is 3. The zero-order valence-corrected chi connectivity index (χ0v) is 66.7. The highest BCUT2D eigenvalue weighted by molar-refractivity contribution is 9.10. The fraction of sp³-hybridized carbons (Fsp3) is 0.122. The summed E-state index contributed by atoms with van der Waals surface area (Å²) >= 11 is 18.0. The van der Waals surface area contributed by atoms with Gasteiger partial charge in [0.25, 0.3) is 39.8 Å². The number of halogens is 23. The van der Waals surface area contributed by atoms with Gasteiger partial charge in [-0.05, 0) is 112 Å². The van der Waals surface area contributed by atoms with E-state index in [9.17, 15) is 170 Å². The van der Waals surface area contributed by atoms with Crippen LogP contribution in [0, 0.1) is 92.2 Å². The number of nitro groups is 8. The van der Waals surface area contributed by atoms with Crippen LogP contribution in [0.4, 0.5) is 174 Å². The van der Waals surface area contributed by atoms with Crippen molar-refractivity contribution in [2.45, 2.75) is 56.9 Å². The molecular weight excluding hydrogens is 1950 g/mol. The Hall–Kier alpha value is -14.6. The Kier molecular flexibility index (Phi) is 28.6. The van der Waals surface area contributed by atoms with Gasteiger partial charge in [0, 0.05) is 76.8 Å². The number of nitro benzene ring substituents is 8. The first-order valence-electron chi connectivity index (χ1n) is 34.0. The van der Waals surface area contributed by atoms with Crippen molar-refractivity contribution in [3.63, 3.8) is 0 Å². The number of benzene rings is 12. The van der Waals surface area contributed by atoms with Gasteiger partial charge in [-0.15, -0.1) is 13.2 Å². The second kappa shape index (κ2) is 37.7. The zero-order valence-electron chi connectivity index (χ0n) is 62.0. The predicted octanol–water partition coefficient (Wildman–Crippen LogP) is 27.1. The highest BCUT2D eigenvalue weighted by Gasteiger charge is 2.48. The number of alkyl halides is 19. The maximum absolute atomic E-state index is 13.8. The lowest BCUT2D eigenvalue weighted by Gasteiger charge is -2.22. The molecule has 0 fully saturated rings. The van der Waals surface area contributed by atoms with E-state index in [1.807, 2.05) is 24.4 Å². The average Bonchev–Trinajstić information content (AvgIpc) is 0.945. The van der Waals surface area contributed by atoms with Crippen molar-refractivity contribution in [3.05, 3.63) is 303 Å². The van der Waals surface area contributed by atoms with Crippen LogP contribution in [0.5, 0.6) is 11.5 Å². The van der Waals surface area contributed by atoms with Crippen LogP contribution in [-0.4, -0.2) is 58.3 Å². The molecule has 12 aromatic rings. The monoisotopic (exact) mass is 1980 g/mol. The molecule has 0 unspecified atom stereocenters. The molecule has 0 aromatic heterocycles. The molecule has 12 aromatic carbocycles. The summed E-state index contributed by atoms with van der Waals surface area (Å²) in [5.41, 5.74) is -20.7. The van der Waals surface area contributed by atoms with E-state index < -0.39 is 196 Å². The lowest BCUT2D eigenvalue weighted by molar-refractivity contribution is -0.394. The SMILES string of the molecule is CCc1ccc2c(Nc3c(C(F)(F)F)cc([N+](=O)[O-])c(Cl)c3[N+](=O)[O-])cc(Br)cc2c1.N#Cc1cc(Nc2c([N+](=O)[O-])cc([N+](=O)[O-])cc2C(F)(F)F)cc2ccccc12.O=[N+]([O-])c1cc([N+](=O)[O-])c(Nc2ccc(OC(F)(F)F)c3ccc(Br)cc23)c(C(F)(F)F)c1.O=[N+]([O-])c1cc([N+](=O)[O-])c(Nc2ccc3cc(Cl)ccc3c2OC(F)(F)C(F)F)c(C(F)(F)F)c1. The molecule has 12 rings (SSSR count). The number of anilines is 8. The van der Waals surface area contributed by atoms with Gasteiger partial charge in [0.05, 0.1) is 97.2 Å². The number of hydrogen-bond acceptors (Lipinski definition) is 23. The van der Waals surface area contributed by atoms with E-state index in [0.717, 1.165) is 48.4 Å². The first kappa shape index (κ1) is 97.2. The molecule has 31 nitrogen and oxygen atoms in total. The van der Waals surface area contributed by atoms with Crippen LogP contribution in [-0.2, 0) is 31.1 Å². The highest BCUT2D eigenvalue weighted by atomic mass is 79.9. The van der Waals surface area contributed by atoms with Crippen molar-refractivity contribution in [1.29, 1.82) is 5.26 Å². The van der Waals surface area contributed by atoms with Crippen LogP contribution in [0.2, 0.25) is 10.0 Å². The van der Waals surface area contributed by atoms with E-state index in [1.165, 1.54) is 42.5 Å². The number of aryl methyl sites for hydroxylation is 1. The van der Waals surface area contributed by atoms with E-state index in [1.54, 1.807) is 42.5 Å². The fourth-order valence-corrected chi connectivity index (χ4v) is 13.2. The Morgan fingerprint density at radius 1 is 0.406 bits per heavy atom. The first-order chi connectivity index (χ1) is 59.3. The lowest BCUT2D eigenvalue weighted by atomic mass is 10.0. The van der Waals surface area contributed by atoms with Crippen molar-refractivity contribution in [2.24, 2.45) is 0 Å². The molecule has 4 N–H and O–H groups in total. The molecule has 0 amide bonds. The summed E-state index contributed by atoms with van der Waals surface area (Å²) in [5, 5.41) is 109. The van der Waals surface area contributed by atoms with Gasteiger partial charge in [0.15, 0.2) is 10.8 Å². The Bertz CT molecular complexity index is 6610. The lowest BCUT2D eigenvalue weighted by Crippen LogP contribution is -2.33. The van der Waals surface area contributed by atoms with Crippen LogP contribution in [0.15, 0.2) is 179 Å². The van der Waals surface area contributed by atoms with Gasteiger partial charge in [0.2, 0.25) is 0 Å². The van der Waals surface area contributed by atoms with Crippen molar-refractivity contribution in [1.82, 2.24) is 0 Å². The summed E-state index contributed by atoms with van der Waals surface area (Å²) in [6.45, 7) is 1.94. The first-order valence-corrected chi connectivity index (χ1v) is 36.3. The predicted molar refractivity (Wildman–Crippen MR) is 426 cm³/mol. The maximum atomic E-state index is 13.8. The van der Waals surface area contributed by atoms with Gasteiger partial charge in [-0.25, -0.2) is 0 Å². The van der Waals surface area contributed by atoms with Gasteiger partial charge in [0.1, 0.15) is 28.5 Å². The molecule has 0 radical (unpaired) electrons. The van der Waals surface area contributed by atoms with Gasteiger partial charge >= 0.3 is 49.3 Å². The molecule has 0 heterocycles. The average molecular weight is 1990 g/mol. The maximum Gasteiger partial charge on any atom is 0.573 e. The number of fused-ring (bicyclic) bond motifs is 4. The number of rotatable bonds is 21. The third kappa shape index (κ3) is 22.5. The summed E-state index contributed by atoms with van der Waals surface area (Å²) in [6.07, 6.45) is -34.7. The second-order valence-electron chi connectivity index (χ2n) is 25.5. The number of ether oxygens (including phenoxy) is 2. The Morgan fingerprint density at radius 3 is 1.34 bits per heavy atom. The van der Waals surface area contributed by atoms with Crippen LogP contribution < -0.4 is 30.7 Å². The molecule has 128 heavy (non-hydrogen) atoms. The minimum Gasteiger partial charge on any atom is -0.425 e. The summed E-state index contributed by atoms with van der Waals surface area (Å²) in [6, 6.07) is 32.1. The van der Waals surface area contributed by atoms with Crippen LogP contribution in [0.25, 0.3) is 43.1 Å². The molecule has 0 aliphatic rings. The molecule has 668 valence electrons. The number of nitrogens with zero attached hydrogens (tertiary/aromatic N) is 9. The van der Waals surface area contributed by atoms with Gasteiger partial charge < -0.3 is 30.7 Å². The summed E-state index contributed by atoms with van der Waals surface area (Å²) in [7, 11) is 0. The molecular formula is C74H38Br2Cl2F19N13O18. The second-order valence-corrected chi connectivity index (χ2v) is 28.2. The third-order valence-electron chi connectivity index (χ3n) is 17.4. The van der Waals surface area contributed by atoms with Crippen molar-refractivity contribution in [3.8, 4) is 17.6 Å². The van der Waals surface area contributed by atoms with E-state index >= 15 is 0 Å².